The van der Waals surface area contributed by atoms with Gasteiger partial charge in [-0.15, -0.1) is 13.2 Å². The largest absolute Gasteiger partial charge is 0.573 e. The fourth-order valence-corrected chi connectivity index (χ4v) is 3.10. The van der Waals surface area contributed by atoms with Crippen molar-refractivity contribution in [3.63, 3.8) is 0 Å². The molecular weight excluding hydrogens is 365 g/mol. The standard InChI is InChI=1S/C17H15F3N4O3/c18-17(19,20)27-12-3-1-11(2-4-12)24-15-13(7-22-24)14(5-6-21-15)23-8-16(26,9-23)10-25/h1-7,25-26H,8-10H2. The fourth-order valence-electron chi connectivity index (χ4n) is 3.10. The van der Waals surface area contributed by atoms with Gasteiger partial charge in [-0.3, -0.25) is 0 Å². The lowest BCUT2D eigenvalue weighted by atomic mass is 9.94. The second-order valence-electron chi connectivity index (χ2n) is 6.40. The van der Waals surface area contributed by atoms with Crippen LogP contribution in [0.3, 0.4) is 0 Å². The summed E-state index contributed by atoms with van der Waals surface area (Å²) >= 11 is 0. The SMILES string of the molecule is OCC1(O)CN(c2ccnc3c2cnn3-c2ccc(OC(F)(F)F)cc2)C1. The molecule has 1 fully saturated rings. The van der Waals surface area contributed by atoms with Gasteiger partial charge in [-0.1, -0.05) is 0 Å². The van der Waals surface area contributed by atoms with Crippen molar-refractivity contribution in [2.24, 2.45) is 0 Å². The summed E-state index contributed by atoms with van der Waals surface area (Å²) in [7, 11) is 0. The first-order valence-corrected chi connectivity index (χ1v) is 8.05. The van der Waals surface area contributed by atoms with Crippen LogP contribution < -0.4 is 9.64 Å². The van der Waals surface area contributed by atoms with Crippen LogP contribution in [-0.4, -0.2) is 56.6 Å². The molecule has 0 spiro atoms. The molecule has 2 aromatic heterocycles. The Morgan fingerprint density at radius 3 is 2.48 bits per heavy atom. The molecule has 1 saturated heterocycles. The van der Waals surface area contributed by atoms with Crippen molar-refractivity contribution in [3.8, 4) is 11.4 Å². The van der Waals surface area contributed by atoms with Gasteiger partial charge >= 0.3 is 6.36 Å². The van der Waals surface area contributed by atoms with Gasteiger partial charge in [0.05, 0.1) is 42.7 Å². The molecule has 4 rings (SSSR count). The number of β-amino-alcohol motifs (C(OH)–C–C–N with tert-alkyl or cyclic N) is 1. The predicted molar refractivity (Wildman–Crippen MR) is 89.8 cm³/mol. The minimum Gasteiger partial charge on any atom is -0.406 e. The summed E-state index contributed by atoms with van der Waals surface area (Å²) in [5, 5.41) is 24.2. The summed E-state index contributed by atoms with van der Waals surface area (Å²) in [6.07, 6.45) is -1.55. The van der Waals surface area contributed by atoms with Gasteiger partial charge in [0.2, 0.25) is 0 Å². The van der Waals surface area contributed by atoms with Crippen molar-refractivity contribution in [1.82, 2.24) is 14.8 Å². The molecule has 0 unspecified atom stereocenters. The third kappa shape index (κ3) is 3.28. The Kier molecular flexibility index (Phi) is 3.97. The highest BCUT2D eigenvalue weighted by atomic mass is 19.4. The van der Waals surface area contributed by atoms with Crippen molar-refractivity contribution < 1.29 is 28.1 Å². The average Bonchev–Trinajstić information content (AvgIpc) is 3.02. The zero-order valence-corrected chi connectivity index (χ0v) is 13.9. The van der Waals surface area contributed by atoms with Crippen LogP contribution in [0.1, 0.15) is 0 Å². The quantitative estimate of drug-likeness (QED) is 0.719. The number of pyridine rings is 1. The van der Waals surface area contributed by atoms with Gasteiger partial charge in [0.1, 0.15) is 11.4 Å². The molecule has 1 aliphatic heterocycles. The number of anilines is 1. The molecule has 142 valence electrons. The molecule has 3 heterocycles. The first-order chi connectivity index (χ1) is 12.8. The highest BCUT2D eigenvalue weighted by molar-refractivity contribution is 5.90. The minimum atomic E-state index is -4.75. The van der Waals surface area contributed by atoms with E-state index in [0.29, 0.717) is 11.3 Å². The number of alkyl halides is 3. The summed E-state index contributed by atoms with van der Waals surface area (Å²) in [5.74, 6) is -0.319. The van der Waals surface area contributed by atoms with Gasteiger partial charge < -0.3 is 19.8 Å². The van der Waals surface area contributed by atoms with E-state index in [1.165, 1.54) is 28.9 Å². The van der Waals surface area contributed by atoms with E-state index < -0.39 is 12.0 Å². The van der Waals surface area contributed by atoms with Crippen LogP contribution in [0.5, 0.6) is 5.75 Å². The third-order valence-corrected chi connectivity index (χ3v) is 4.37. The molecule has 0 radical (unpaired) electrons. The highest BCUT2D eigenvalue weighted by Crippen LogP contribution is 2.33. The monoisotopic (exact) mass is 380 g/mol. The van der Waals surface area contributed by atoms with Gasteiger partial charge in [-0.25, -0.2) is 9.67 Å². The van der Waals surface area contributed by atoms with E-state index in [-0.39, 0.29) is 25.4 Å². The lowest BCUT2D eigenvalue weighted by Crippen LogP contribution is -2.64. The van der Waals surface area contributed by atoms with E-state index in [1.54, 1.807) is 18.5 Å². The molecule has 27 heavy (non-hydrogen) atoms. The Labute approximate surface area is 151 Å². The van der Waals surface area contributed by atoms with Gasteiger partial charge in [0.15, 0.2) is 5.65 Å². The number of aliphatic hydroxyl groups is 2. The number of rotatable bonds is 4. The Morgan fingerprint density at radius 2 is 1.85 bits per heavy atom. The fraction of sp³-hybridized carbons (Fsp3) is 0.294. The van der Waals surface area contributed by atoms with E-state index in [2.05, 4.69) is 14.8 Å². The second-order valence-corrected chi connectivity index (χ2v) is 6.40. The molecule has 0 amide bonds. The molecule has 0 aliphatic carbocycles. The number of fused-ring (bicyclic) bond motifs is 1. The molecule has 7 nitrogen and oxygen atoms in total. The molecule has 0 saturated carbocycles. The van der Waals surface area contributed by atoms with Gasteiger partial charge in [0, 0.05) is 6.20 Å². The van der Waals surface area contributed by atoms with E-state index in [0.717, 1.165) is 11.1 Å². The molecule has 0 bridgehead atoms. The Bertz CT molecular complexity index is 966. The molecule has 10 heteroatoms. The summed E-state index contributed by atoms with van der Waals surface area (Å²) in [5.41, 5.74) is 0.748. The molecule has 0 atom stereocenters. The molecular formula is C17H15F3N4O3. The van der Waals surface area contributed by atoms with Crippen LogP contribution in [0.2, 0.25) is 0 Å². The van der Waals surface area contributed by atoms with Crippen LogP contribution in [0.15, 0.2) is 42.7 Å². The highest BCUT2D eigenvalue weighted by Gasteiger charge is 2.41. The molecule has 2 N–H and O–H groups in total. The van der Waals surface area contributed by atoms with Crippen molar-refractivity contribution in [2.45, 2.75) is 12.0 Å². The number of aliphatic hydroxyl groups excluding tert-OH is 1. The summed E-state index contributed by atoms with van der Waals surface area (Å²) in [4.78, 5) is 6.20. The minimum absolute atomic E-state index is 0.289. The van der Waals surface area contributed by atoms with Crippen molar-refractivity contribution in [2.75, 3.05) is 24.6 Å². The first kappa shape index (κ1) is 17.6. The Morgan fingerprint density at radius 1 is 1.15 bits per heavy atom. The number of ether oxygens (including phenoxy) is 1. The predicted octanol–water partition coefficient (Wildman–Crippen LogP) is 1.86. The lowest BCUT2D eigenvalue weighted by Gasteiger charge is -2.46. The average molecular weight is 380 g/mol. The maximum Gasteiger partial charge on any atom is 0.573 e. The van der Waals surface area contributed by atoms with E-state index >= 15 is 0 Å². The number of nitrogens with zero attached hydrogens (tertiary/aromatic N) is 4. The van der Waals surface area contributed by atoms with Gasteiger partial charge in [0.25, 0.3) is 0 Å². The van der Waals surface area contributed by atoms with Gasteiger partial charge in [-0.2, -0.15) is 5.10 Å². The number of hydrogen-bond donors (Lipinski definition) is 2. The molecule has 1 aliphatic rings. The number of aromatic nitrogens is 3. The zero-order chi connectivity index (χ0) is 19.2. The Balaban J connectivity index is 1.63. The van der Waals surface area contributed by atoms with Crippen LogP contribution in [0.4, 0.5) is 18.9 Å². The molecule has 3 aromatic rings. The smallest absolute Gasteiger partial charge is 0.406 e. The number of hydrogen-bond acceptors (Lipinski definition) is 6. The lowest BCUT2D eigenvalue weighted by molar-refractivity contribution is -0.274. The van der Waals surface area contributed by atoms with E-state index in [4.69, 9.17) is 0 Å². The van der Waals surface area contributed by atoms with Crippen LogP contribution in [0.25, 0.3) is 16.7 Å². The van der Waals surface area contributed by atoms with Crippen molar-refractivity contribution in [3.05, 3.63) is 42.7 Å². The third-order valence-electron chi connectivity index (χ3n) is 4.37. The van der Waals surface area contributed by atoms with Crippen LogP contribution in [0, 0.1) is 0 Å². The van der Waals surface area contributed by atoms with Gasteiger partial charge in [-0.05, 0) is 30.3 Å². The van der Waals surface area contributed by atoms with Crippen LogP contribution in [-0.2, 0) is 0 Å². The topological polar surface area (TPSA) is 83.6 Å². The summed E-state index contributed by atoms with van der Waals surface area (Å²) in [6.45, 7) is 0.262. The molecule has 1 aromatic carbocycles. The Hall–Kier alpha value is -2.85. The number of benzene rings is 1. The second kappa shape index (κ2) is 6.10. The van der Waals surface area contributed by atoms with E-state index in [9.17, 15) is 23.4 Å². The van der Waals surface area contributed by atoms with Crippen molar-refractivity contribution in [1.29, 1.82) is 0 Å². The maximum absolute atomic E-state index is 12.3. The first-order valence-electron chi connectivity index (χ1n) is 8.05. The number of halogens is 3. The zero-order valence-electron chi connectivity index (χ0n) is 13.9. The normalized spacial score (nSPS) is 16.4. The van der Waals surface area contributed by atoms with E-state index in [1.807, 2.05) is 4.90 Å². The maximum atomic E-state index is 12.3. The summed E-state index contributed by atoms with van der Waals surface area (Å²) < 4.78 is 42.2. The summed E-state index contributed by atoms with van der Waals surface area (Å²) in [6, 6.07) is 7.10. The van der Waals surface area contributed by atoms with Crippen LogP contribution >= 0.6 is 0 Å². The van der Waals surface area contributed by atoms with Crippen molar-refractivity contribution >= 4 is 16.7 Å².